The highest BCUT2D eigenvalue weighted by Gasteiger charge is 2.36. The summed E-state index contributed by atoms with van der Waals surface area (Å²) in [4.78, 5) is 7.77. The third-order valence-electron chi connectivity index (χ3n) is 3.92. The number of aromatic nitrogens is 2. The van der Waals surface area contributed by atoms with Crippen molar-refractivity contribution in [2.24, 2.45) is 0 Å². The molecule has 27 heavy (non-hydrogen) atoms. The lowest BCUT2D eigenvalue weighted by Crippen LogP contribution is -2.12. The second-order valence-electron chi connectivity index (χ2n) is 5.82. The molecule has 0 aliphatic carbocycles. The minimum absolute atomic E-state index is 0.0219. The topological polar surface area (TPSA) is 47.0 Å². The van der Waals surface area contributed by atoms with Gasteiger partial charge in [-0.1, -0.05) is 55.5 Å². The Kier molecular flexibility index (Phi) is 5.59. The number of benzene rings is 2. The highest BCUT2D eigenvalue weighted by atomic mass is 19.4. The molecule has 140 valence electrons. The molecule has 0 aliphatic heterocycles. The molecule has 0 bridgehead atoms. The molecule has 2 aromatic carbocycles. The zero-order valence-electron chi connectivity index (χ0n) is 14.6. The molecule has 0 saturated carbocycles. The number of para-hydroxylation sites is 1. The minimum atomic E-state index is -4.61. The van der Waals surface area contributed by atoms with Crippen molar-refractivity contribution in [3.63, 3.8) is 0 Å². The second-order valence-corrected chi connectivity index (χ2v) is 5.82. The maximum atomic E-state index is 13.3. The van der Waals surface area contributed by atoms with E-state index in [4.69, 9.17) is 4.74 Å². The standard InChI is InChI=1S/C20H18F3N3O/c1-2-15-10-6-7-11-17(15)25-19-24-12-16(20(21,22)23)18(26-19)27-13-14-8-4-3-5-9-14/h3-12H,2,13H2,1H3,(H,24,25,26). The number of aryl methyl sites for hydroxylation is 1. The van der Waals surface area contributed by atoms with Gasteiger partial charge in [-0.25, -0.2) is 4.98 Å². The SMILES string of the molecule is CCc1ccccc1Nc1ncc(C(F)(F)F)c(OCc2ccccc2)n1. The first-order valence-corrected chi connectivity index (χ1v) is 8.43. The van der Waals surface area contributed by atoms with E-state index in [-0.39, 0.29) is 12.6 Å². The lowest BCUT2D eigenvalue weighted by Gasteiger charge is -2.15. The van der Waals surface area contributed by atoms with Crippen LogP contribution in [0, 0.1) is 0 Å². The van der Waals surface area contributed by atoms with Crippen LogP contribution in [0.15, 0.2) is 60.8 Å². The van der Waals surface area contributed by atoms with Crippen molar-refractivity contribution >= 4 is 11.6 Å². The lowest BCUT2D eigenvalue weighted by molar-refractivity contribution is -0.139. The summed E-state index contributed by atoms with van der Waals surface area (Å²) in [6.07, 6.45) is -3.10. The van der Waals surface area contributed by atoms with Gasteiger partial charge in [0.05, 0.1) is 0 Å². The van der Waals surface area contributed by atoms with Gasteiger partial charge in [0.1, 0.15) is 12.2 Å². The van der Waals surface area contributed by atoms with Crippen molar-refractivity contribution in [1.29, 1.82) is 0 Å². The van der Waals surface area contributed by atoms with Crippen molar-refractivity contribution in [2.75, 3.05) is 5.32 Å². The molecule has 0 fully saturated rings. The second kappa shape index (κ2) is 8.07. The van der Waals surface area contributed by atoms with Crippen LogP contribution >= 0.6 is 0 Å². The van der Waals surface area contributed by atoms with E-state index in [2.05, 4.69) is 15.3 Å². The lowest BCUT2D eigenvalue weighted by atomic mass is 10.1. The number of alkyl halides is 3. The van der Waals surface area contributed by atoms with Crippen molar-refractivity contribution in [2.45, 2.75) is 26.1 Å². The Morgan fingerprint density at radius 3 is 2.41 bits per heavy atom. The smallest absolute Gasteiger partial charge is 0.423 e. The van der Waals surface area contributed by atoms with Gasteiger partial charge in [0.25, 0.3) is 0 Å². The minimum Gasteiger partial charge on any atom is -0.472 e. The van der Waals surface area contributed by atoms with Crippen LogP contribution in [0.1, 0.15) is 23.6 Å². The fourth-order valence-corrected chi connectivity index (χ4v) is 2.53. The van der Waals surface area contributed by atoms with E-state index in [1.807, 2.05) is 37.3 Å². The molecular formula is C20H18F3N3O. The van der Waals surface area contributed by atoms with Gasteiger partial charge in [0.15, 0.2) is 0 Å². The normalized spacial score (nSPS) is 11.3. The number of nitrogens with one attached hydrogen (secondary N) is 1. The van der Waals surface area contributed by atoms with Crippen LogP contribution in [-0.4, -0.2) is 9.97 Å². The van der Waals surface area contributed by atoms with Crippen molar-refractivity contribution in [3.8, 4) is 5.88 Å². The van der Waals surface area contributed by atoms with Gasteiger partial charge in [-0.15, -0.1) is 0 Å². The summed E-state index contributed by atoms with van der Waals surface area (Å²) in [5.41, 5.74) is 1.49. The summed E-state index contributed by atoms with van der Waals surface area (Å²) in [7, 11) is 0. The van der Waals surface area contributed by atoms with Crippen LogP contribution < -0.4 is 10.1 Å². The van der Waals surface area contributed by atoms with E-state index in [9.17, 15) is 13.2 Å². The monoisotopic (exact) mass is 373 g/mol. The fraction of sp³-hybridized carbons (Fsp3) is 0.200. The maximum absolute atomic E-state index is 13.3. The van der Waals surface area contributed by atoms with Gasteiger partial charge < -0.3 is 10.1 Å². The highest BCUT2D eigenvalue weighted by Crippen LogP contribution is 2.35. The quantitative estimate of drug-likeness (QED) is 0.630. The van der Waals surface area contributed by atoms with Crippen LogP contribution in [-0.2, 0) is 19.2 Å². The Hall–Kier alpha value is -3.09. The van der Waals surface area contributed by atoms with Crippen molar-refractivity contribution in [1.82, 2.24) is 9.97 Å². The summed E-state index contributed by atoms with van der Waals surface area (Å²) in [6.45, 7) is 1.97. The Balaban J connectivity index is 1.88. The fourth-order valence-electron chi connectivity index (χ4n) is 2.53. The first-order valence-electron chi connectivity index (χ1n) is 8.43. The maximum Gasteiger partial charge on any atom is 0.423 e. The van der Waals surface area contributed by atoms with Gasteiger partial charge in [0.2, 0.25) is 11.8 Å². The van der Waals surface area contributed by atoms with Gasteiger partial charge in [-0.05, 0) is 23.6 Å². The Bertz CT molecular complexity index is 898. The molecular weight excluding hydrogens is 355 g/mol. The summed E-state index contributed by atoms with van der Waals surface area (Å²) in [5.74, 6) is -0.454. The third kappa shape index (κ3) is 4.75. The van der Waals surface area contributed by atoms with Crippen molar-refractivity contribution < 1.29 is 17.9 Å². The van der Waals surface area contributed by atoms with E-state index in [0.29, 0.717) is 0 Å². The summed E-state index contributed by atoms with van der Waals surface area (Å²) < 4.78 is 45.2. The summed E-state index contributed by atoms with van der Waals surface area (Å²) in [5, 5.41) is 2.97. The van der Waals surface area contributed by atoms with E-state index in [1.165, 1.54) is 0 Å². The molecule has 1 heterocycles. The average molecular weight is 373 g/mol. The van der Waals surface area contributed by atoms with Crippen LogP contribution in [0.2, 0.25) is 0 Å². The van der Waals surface area contributed by atoms with Gasteiger partial charge >= 0.3 is 6.18 Å². The zero-order valence-corrected chi connectivity index (χ0v) is 14.6. The van der Waals surface area contributed by atoms with Crippen LogP contribution in [0.5, 0.6) is 5.88 Å². The van der Waals surface area contributed by atoms with E-state index >= 15 is 0 Å². The number of hydrogen-bond acceptors (Lipinski definition) is 4. The molecule has 1 aromatic heterocycles. The summed E-state index contributed by atoms with van der Waals surface area (Å²) in [6, 6.07) is 16.4. The van der Waals surface area contributed by atoms with Crippen molar-refractivity contribution in [3.05, 3.63) is 77.5 Å². The third-order valence-corrected chi connectivity index (χ3v) is 3.92. The molecule has 1 N–H and O–H groups in total. The number of nitrogens with zero attached hydrogens (tertiary/aromatic N) is 2. The van der Waals surface area contributed by atoms with E-state index in [0.717, 1.165) is 29.4 Å². The summed E-state index contributed by atoms with van der Waals surface area (Å²) >= 11 is 0. The molecule has 0 spiro atoms. The largest absolute Gasteiger partial charge is 0.472 e. The van der Waals surface area contributed by atoms with Crippen LogP contribution in [0.3, 0.4) is 0 Å². The number of ether oxygens (including phenoxy) is 1. The molecule has 0 aliphatic rings. The number of rotatable bonds is 6. The van der Waals surface area contributed by atoms with E-state index < -0.39 is 17.6 Å². The number of hydrogen-bond donors (Lipinski definition) is 1. The molecule has 4 nitrogen and oxygen atoms in total. The van der Waals surface area contributed by atoms with E-state index in [1.54, 1.807) is 24.3 Å². The van der Waals surface area contributed by atoms with Gasteiger partial charge in [0, 0.05) is 11.9 Å². The molecule has 0 amide bonds. The first-order chi connectivity index (χ1) is 13.0. The molecule has 3 aromatic rings. The molecule has 0 saturated heterocycles. The molecule has 3 rings (SSSR count). The highest BCUT2D eigenvalue weighted by molar-refractivity contribution is 5.58. The Morgan fingerprint density at radius 2 is 1.70 bits per heavy atom. The molecule has 7 heteroatoms. The zero-order chi connectivity index (χ0) is 19.3. The molecule has 0 radical (unpaired) electrons. The Morgan fingerprint density at radius 1 is 1.00 bits per heavy atom. The predicted molar refractivity (Wildman–Crippen MR) is 96.9 cm³/mol. The number of anilines is 2. The van der Waals surface area contributed by atoms with Crippen LogP contribution in [0.25, 0.3) is 0 Å². The predicted octanol–water partition coefficient (Wildman–Crippen LogP) is 5.38. The molecule has 0 unspecified atom stereocenters. The van der Waals surface area contributed by atoms with Crippen LogP contribution in [0.4, 0.5) is 24.8 Å². The average Bonchev–Trinajstić information content (AvgIpc) is 2.67. The van der Waals surface area contributed by atoms with Gasteiger partial charge in [-0.3, -0.25) is 0 Å². The Labute approximate surface area is 155 Å². The first kappa shape index (κ1) is 18.7. The number of halogens is 3. The molecule has 0 atom stereocenters. The van der Waals surface area contributed by atoms with Gasteiger partial charge in [-0.2, -0.15) is 18.2 Å².